The number of halogens is 1. The van der Waals surface area contributed by atoms with Crippen LogP contribution in [0.5, 0.6) is 11.5 Å². The molecule has 3 rings (SSSR count). The van der Waals surface area contributed by atoms with E-state index in [0.29, 0.717) is 0 Å². The summed E-state index contributed by atoms with van der Waals surface area (Å²) in [6.45, 7) is -0.142. The molecule has 2 aromatic carbocycles. The van der Waals surface area contributed by atoms with Crippen molar-refractivity contribution in [2.24, 2.45) is 0 Å². The molecule has 10 heteroatoms. The van der Waals surface area contributed by atoms with Crippen molar-refractivity contribution in [2.75, 3.05) is 12.1 Å². The van der Waals surface area contributed by atoms with Crippen molar-refractivity contribution in [3.63, 3.8) is 0 Å². The predicted octanol–water partition coefficient (Wildman–Crippen LogP) is -1.38. The Labute approximate surface area is 180 Å². The maximum atomic E-state index is 13.0. The van der Waals surface area contributed by atoms with Gasteiger partial charge < -0.3 is 22.3 Å². The lowest BCUT2D eigenvalue weighted by atomic mass is 10.2. The number of pyridine rings is 1. The largest absolute Gasteiger partial charge is 1.00 e. The molecule has 0 saturated heterocycles. The highest BCUT2D eigenvalue weighted by molar-refractivity contribution is 7.89. The zero-order valence-electron chi connectivity index (χ0n) is 16.0. The van der Waals surface area contributed by atoms with E-state index in [9.17, 15) is 18.3 Å². The number of hydrazine groups is 1. The fraction of sp³-hybridized carbons (Fsp3) is 0.100. The number of rotatable bonds is 7. The first kappa shape index (κ1) is 23.1. The van der Waals surface area contributed by atoms with Crippen LogP contribution < -0.4 is 31.6 Å². The SMILES string of the molecule is COc1ccc(O)cc1N(NS(=O)(=O)c1ccccc1)C(=O)C[n+]1ccccc1.[Cl-]. The summed E-state index contributed by atoms with van der Waals surface area (Å²) in [6, 6.07) is 17.0. The van der Waals surface area contributed by atoms with Crippen LogP contribution >= 0.6 is 0 Å². The fourth-order valence-electron chi connectivity index (χ4n) is 2.63. The molecule has 2 N–H and O–H groups in total. The average molecular weight is 450 g/mol. The summed E-state index contributed by atoms with van der Waals surface area (Å²) in [4.78, 5) is 15.3. The van der Waals surface area contributed by atoms with E-state index < -0.39 is 15.9 Å². The maximum Gasteiger partial charge on any atom is 0.308 e. The standard InChI is InChI=1S/C20H19N3O5S.ClH/c1-28-19-11-10-16(24)14-18(19)23(20(25)15-22-12-6-3-7-13-22)21-29(26,27)17-8-4-2-5-9-17;/h2-14,21H,15H2,1H3;1H. The first-order chi connectivity index (χ1) is 13.9. The Bertz CT molecular complexity index is 1100. The van der Waals surface area contributed by atoms with Gasteiger partial charge >= 0.3 is 5.91 Å². The number of amides is 1. The number of carbonyl (C=O) groups excluding carboxylic acids is 1. The fourth-order valence-corrected chi connectivity index (χ4v) is 3.69. The molecule has 0 saturated carbocycles. The number of aromatic hydroxyl groups is 1. The Kier molecular flexibility index (Phi) is 7.76. The molecule has 0 atom stereocenters. The molecule has 158 valence electrons. The number of phenolic OH excluding ortho intramolecular Hbond substituents is 1. The molecule has 3 aromatic rings. The van der Waals surface area contributed by atoms with Gasteiger partial charge in [-0.1, -0.05) is 24.3 Å². The number of benzene rings is 2. The average Bonchev–Trinajstić information content (AvgIpc) is 2.73. The number of anilines is 1. The summed E-state index contributed by atoms with van der Waals surface area (Å²) in [5.74, 6) is -0.514. The summed E-state index contributed by atoms with van der Waals surface area (Å²) in [7, 11) is -2.69. The molecule has 0 bridgehead atoms. The van der Waals surface area contributed by atoms with Crippen LogP contribution in [0.3, 0.4) is 0 Å². The number of phenols is 1. The lowest BCUT2D eigenvalue weighted by molar-refractivity contribution is -0.684. The molecule has 1 heterocycles. The number of hydrogen-bond acceptors (Lipinski definition) is 5. The van der Waals surface area contributed by atoms with Crippen molar-refractivity contribution in [3.8, 4) is 11.5 Å². The molecular weight excluding hydrogens is 430 g/mol. The Balaban J connectivity index is 0.00000320. The molecular formula is C20H20ClN3O5S. The van der Waals surface area contributed by atoms with E-state index in [1.54, 1.807) is 53.4 Å². The van der Waals surface area contributed by atoms with E-state index in [0.717, 1.165) is 5.01 Å². The molecule has 0 radical (unpaired) electrons. The molecule has 1 aromatic heterocycles. The van der Waals surface area contributed by atoms with E-state index in [-0.39, 0.29) is 41.0 Å². The van der Waals surface area contributed by atoms with Crippen LogP contribution in [0.1, 0.15) is 0 Å². The van der Waals surface area contributed by atoms with Crippen LogP contribution in [0.2, 0.25) is 0 Å². The van der Waals surface area contributed by atoms with Gasteiger partial charge in [0.25, 0.3) is 10.0 Å². The van der Waals surface area contributed by atoms with Crippen LogP contribution in [-0.4, -0.2) is 26.5 Å². The summed E-state index contributed by atoms with van der Waals surface area (Å²) < 4.78 is 32.5. The van der Waals surface area contributed by atoms with Crippen LogP contribution in [0.4, 0.5) is 5.69 Å². The highest BCUT2D eigenvalue weighted by Gasteiger charge is 2.28. The quantitative estimate of drug-likeness (QED) is 0.342. The van der Waals surface area contributed by atoms with Crippen molar-refractivity contribution in [3.05, 3.63) is 79.1 Å². The van der Waals surface area contributed by atoms with Gasteiger partial charge in [0.05, 0.1) is 12.0 Å². The maximum absolute atomic E-state index is 13.0. The number of hydrogen-bond donors (Lipinski definition) is 2. The van der Waals surface area contributed by atoms with Gasteiger partial charge in [-0.05, 0) is 24.3 Å². The van der Waals surface area contributed by atoms with Gasteiger partial charge in [-0.2, -0.15) is 4.57 Å². The normalized spacial score (nSPS) is 10.7. The van der Waals surface area contributed by atoms with Crippen molar-refractivity contribution < 1.29 is 40.0 Å². The second kappa shape index (κ2) is 10.1. The summed E-state index contributed by atoms with van der Waals surface area (Å²) in [6.07, 6.45) is 3.36. The van der Waals surface area contributed by atoms with Crippen molar-refractivity contribution >= 4 is 21.6 Å². The van der Waals surface area contributed by atoms with Gasteiger partial charge in [0.2, 0.25) is 6.54 Å². The van der Waals surface area contributed by atoms with E-state index in [4.69, 9.17) is 4.74 Å². The first-order valence-electron chi connectivity index (χ1n) is 8.62. The first-order valence-corrected chi connectivity index (χ1v) is 10.1. The van der Waals surface area contributed by atoms with Gasteiger partial charge in [0.1, 0.15) is 17.2 Å². The highest BCUT2D eigenvalue weighted by atomic mass is 35.5. The number of ether oxygens (including phenoxy) is 1. The van der Waals surface area contributed by atoms with E-state index in [2.05, 4.69) is 4.83 Å². The van der Waals surface area contributed by atoms with E-state index in [1.165, 1.54) is 37.4 Å². The van der Waals surface area contributed by atoms with Crippen molar-refractivity contribution in [1.29, 1.82) is 0 Å². The third-order valence-electron chi connectivity index (χ3n) is 4.01. The molecule has 0 aliphatic heterocycles. The van der Waals surface area contributed by atoms with Crippen LogP contribution in [0, 0.1) is 0 Å². The van der Waals surface area contributed by atoms with Gasteiger partial charge in [0.15, 0.2) is 12.4 Å². The molecule has 0 aliphatic carbocycles. The Morgan fingerprint density at radius 2 is 1.70 bits per heavy atom. The monoisotopic (exact) mass is 449 g/mol. The van der Waals surface area contributed by atoms with Crippen molar-refractivity contribution in [2.45, 2.75) is 11.4 Å². The topological polar surface area (TPSA) is 99.8 Å². The van der Waals surface area contributed by atoms with E-state index >= 15 is 0 Å². The summed E-state index contributed by atoms with van der Waals surface area (Å²) in [5, 5.41) is 10.8. The number of sulfonamides is 1. The number of nitrogens with zero attached hydrogens (tertiary/aromatic N) is 2. The summed E-state index contributed by atoms with van der Waals surface area (Å²) >= 11 is 0. The molecule has 0 aliphatic rings. The minimum atomic E-state index is -4.07. The van der Waals surface area contributed by atoms with Gasteiger partial charge in [-0.3, -0.25) is 4.79 Å². The van der Waals surface area contributed by atoms with Crippen LogP contribution in [0.25, 0.3) is 0 Å². The number of carbonyl (C=O) groups is 1. The number of nitrogens with one attached hydrogen (secondary N) is 1. The smallest absolute Gasteiger partial charge is 0.308 e. The summed E-state index contributed by atoms with van der Waals surface area (Å²) in [5.41, 5.74) is 0.0635. The molecule has 0 unspecified atom stereocenters. The Hall–Kier alpha value is -3.14. The third kappa shape index (κ3) is 5.47. The number of aromatic nitrogens is 1. The third-order valence-corrected chi connectivity index (χ3v) is 5.33. The van der Waals surface area contributed by atoms with Crippen LogP contribution in [-0.2, 0) is 21.4 Å². The lowest BCUT2D eigenvalue weighted by Crippen LogP contribution is -3.00. The van der Waals surface area contributed by atoms with Crippen molar-refractivity contribution in [1.82, 2.24) is 4.83 Å². The molecule has 1 amide bonds. The second-order valence-corrected chi connectivity index (χ2v) is 7.70. The van der Waals surface area contributed by atoms with Gasteiger partial charge in [-0.15, -0.1) is 4.83 Å². The second-order valence-electron chi connectivity index (χ2n) is 6.04. The van der Waals surface area contributed by atoms with Gasteiger partial charge in [-0.25, -0.2) is 13.4 Å². The van der Waals surface area contributed by atoms with Gasteiger partial charge in [0, 0.05) is 18.2 Å². The molecule has 30 heavy (non-hydrogen) atoms. The molecule has 0 fully saturated rings. The zero-order valence-corrected chi connectivity index (χ0v) is 17.5. The zero-order chi connectivity index (χ0) is 20.9. The molecule has 0 spiro atoms. The number of methoxy groups -OCH3 is 1. The minimum absolute atomic E-state index is 0. The highest BCUT2D eigenvalue weighted by Crippen LogP contribution is 2.31. The minimum Gasteiger partial charge on any atom is -1.00 e. The predicted molar refractivity (Wildman–Crippen MR) is 106 cm³/mol. The lowest BCUT2D eigenvalue weighted by Gasteiger charge is -2.24. The molecule has 8 nitrogen and oxygen atoms in total. The van der Waals surface area contributed by atoms with Crippen LogP contribution in [0.15, 0.2) is 84.0 Å². The Morgan fingerprint density at radius 1 is 1.07 bits per heavy atom. The van der Waals surface area contributed by atoms with E-state index in [1.807, 2.05) is 0 Å². The Morgan fingerprint density at radius 3 is 2.33 bits per heavy atom.